The maximum Gasteiger partial charge on any atom is 0.128 e. The van der Waals surface area contributed by atoms with Gasteiger partial charge in [0, 0.05) is 73.1 Å². The van der Waals surface area contributed by atoms with E-state index in [9.17, 15) is 5.26 Å². The third-order valence-corrected chi connectivity index (χ3v) is 6.37. The van der Waals surface area contributed by atoms with Crippen LogP contribution in [-0.2, 0) is 7.05 Å². The summed E-state index contributed by atoms with van der Waals surface area (Å²) in [6, 6.07) is 9.70. The Morgan fingerprint density at radius 1 is 0.970 bits per heavy atom. The van der Waals surface area contributed by atoms with Crippen molar-refractivity contribution >= 4 is 36.1 Å². The van der Waals surface area contributed by atoms with Gasteiger partial charge in [-0.2, -0.15) is 15.5 Å². The van der Waals surface area contributed by atoms with Crippen molar-refractivity contribution in [3.05, 3.63) is 54.7 Å². The minimum absolute atomic E-state index is 0. The van der Waals surface area contributed by atoms with E-state index >= 15 is 0 Å². The van der Waals surface area contributed by atoms with E-state index in [2.05, 4.69) is 44.7 Å². The number of aryl methyl sites for hydroxylation is 1. The van der Waals surface area contributed by atoms with E-state index in [1.807, 2.05) is 31.8 Å². The van der Waals surface area contributed by atoms with Gasteiger partial charge in [0.25, 0.3) is 0 Å². The van der Waals surface area contributed by atoms with E-state index in [0.717, 1.165) is 46.7 Å². The average Bonchev–Trinajstić information content (AvgIpc) is 3.51. The number of nitrogens with one attached hydrogen (secondary N) is 1. The molecule has 8 nitrogen and oxygen atoms in total. The van der Waals surface area contributed by atoms with Crippen LogP contribution in [-0.4, -0.2) is 49.6 Å². The lowest BCUT2D eigenvalue weighted by molar-refractivity contribution is 0.463. The number of halogens is 2. The molecule has 0 radical (unpaired) electrons. The van der Waals surface area contributed by atoms with Crippen molar-refractivity contribution < 1.29 is 0 Å². The first-order valence-corrected chi connectivity index (χ1v) is 10.6. The molecule has 2 aliphatic rings. The van der Waals surface area contributed by atoms with Crippen LogP contribution in [0, 0.1) is 11.3 Å². The Morgan fingerprint density at radius 3 is 2.39 bits per heavy atom. The summed E-state index contributed by atoms with van der Waals surface area (Å²) in [6.45, 7) is 2.01. The summed E-state index contributed by atoms with van der Waals surface area (Å²) in [5.41, 5.74) is 5.25. The van der Waals surface area contributed by atoms with Crippen LogP contribution in [0.4, 0.5) is 5.82 Å². The van der Waals surface area contributed by atoms with Crippen molar-refractivity contribution in [1.82, 2.24) is 29.7 Å². The Kier molecular flexibility index (Phi) is 6.30. The summed E-state index contributed by atoms with van der Waals surface area (Å²) in [5, 5.41) is 22.0. The van der Waals surface area contributed by atoms with Gasteiger partial charge in [-0.15, -0.1) is 24.8 Å². The number of aromatic nitrogens is 5. The van der Waals surface area contributed by atoms with Gasteiger partial charge in [-0.05, 0) is 31.0 Å². The molecule has 170 valence electrons. The molecule has 2 atom stereocenters. The number of hydrogen-bond acceptors (Lipinski definition) is 6. The number of pyridine rings is 2. The van der Waals surface area contributed by atoms with Crippen molar-refractivity contribution in [3.63, 3.8) is 0 Å². The molecule has 0 saturated carbocycles. The number of fused-ring (bicyclic) bond motifs is 3. The fraction of sp³-hybridized carbons (Fsp3) is 0.304. The fourth-order valence-corrected chi connectivity index (χ4v) is 4.87. The summed E-state index contributed by atoms with van der Waals surface area (Å²) in [6.07, 6.45) is 11.8. The Morgan fingerprint density at radius 2 is 1.76 bits per heavy atom. The number of anilines is 1. The minimum Gasteiger partial charge on any atom is -0.353 e. The van der Waals surface area contributed by atoms with Crippen LogP contribution in [0.2, 0.25) is 0 Å². The second-order valence-corrected chi connectivity index (χ2v) is 8.46. The first-order chi connectivity index (χ1) is 15.2. The standard InChI is InChI=1S/C23H22N8.2ClH/c1-29-11-18(10-26-29)16-6-21(23-17(7-24)9-27-31(23)12-16)15-2-5-22(25-8-15)30-13-19-3-4-20(14-30)28-19;;/h2,5-6,8-12,19-20,28H,3-4,13-14H2,1H3;2*1H. The Bertz CT molecular complexity index is 1310. The number of hydrogen-bond donors (Lipinski definition) is 1. The Hall–Kier alpha value is -3.12. The zero-order valence-corrected chi connectivity index (χ0v) is 19.7. The van der Waals surface area contributed by atoms with Crippen molar-refractivity contribution in [1.29, 1.82) is 5.26 Å². The van der Waals surface area contributed by atoms with Crippen molar-refractivity contribution in [2.45, 2.75) is 24.9 Å². The zero-order chi connectivity index (χ0) is 20.9. The van der Waals surface area contributed by atoms with Gasteiger partial charge in [-0.1, -0.05) is 0 Å². The lowest BCUT2D eigenvalue weighted by atomic mass is 10.0. The minimum atomic E-state index is 0. The van der Waals surface area contributed by atoms with E-state index < -0.39 is 0 Å². The van der Waals surface area contributed by atoms with Crippen LogP contribution >= 0.6 is 24.8 Å². The molecular formula is C23H24Cl2N8. The molecule has 0 aliphatic carbocycles. The molecule has 1 N–H and O–H groups in total. The number of piperazine rings is 1. The third-order valence-electron chi connectivity index (χ3n) is 6.37. The zero-order valence-electron chi connectivity index (χ0n) is 18.0. The van der Waals surface area contributed by atoms with E-state index in [4.69, 9.17) is 4.98 Å². The van der Waals surface area contributed by atoms with Gasteiger partial charge in [-0.25, -0.2) is 9.50 Å². The van der Waals surface area contributed by atoms with Crippen LogP contribution in [0.25, 0.3) is 27.8 Å². The molecule has 6 rings (SSSR count). The van der Waals surface area contributed by atoms with Crippen LogP contribution in [0.15, 0.2) is 49.2 Å². The molecule has 2 bridgehead atoms. The Balaban J connectivity index is 0.00000130. The second kappa shape index (κ2) is 9.02. The molecule has 2 aliphatic heterocycles. The van der Waals surface area contributed by atoms with Crippen LogP contribution < -0.4 is 10.2 Å². The first kappa shape index (κ1) is 23.1. The number of nitriles is 1. The molecule has 10 heteroatoms. The molecule has 6 heterocycles. The van der Waals surface area contributed by atoms with Gasteiger partial charge >= 0.3 is 0 Å². The second-order valence-electron chi connectivity index (χ2n) is 8.46. The molecule has 2 fully saturated rings. The number of rotatable bonds is 3. The smallest absolute Gasteiger partial charge is 0.128 e. The molecule has 0 aromatic carbocycles. The van der Waals surface area contributed by atoms with Crippen molar-refractivity contribution in [3.8, 4) is 28.3 Å². The van der Waals surface area contributed by atoms with Gasteiger partial charge < -0.3 is 10.2 Å². The lowest BCUT2D eigenvalue weighted by Gasteiger charge is -2.33. The highest BCUT2D eigenvalue weighted by Gasteiger charge is 2.32. The van der Waals surface area contributed by atoms with Gasteiger partial charge in [0.05, 0.1) is 23.5 Å². The highest BCUT2D eigenvalue weighted by Crippen LogP contribution is 2.32. The van der Waals surface area contributed by atoms with Crippen LogP contribution in [0.1, 0.15) is 18.4 Å². The molecule has 0 amide bonds. The number of nitrogens with zero attached hydrogens (tertiary/aromatic N) is 7. The summed E-state index contributed by atoms with van der Waals surface area (Å²) < 4.78 is 3.55. The van der Waals surface area contributed by atoms with Crippen molar-refractivity contribution in [2.75, 3.05) is 18.0 Å². The average molecular weight is 483 g/mol. The van der Waals surface area contributed by atoms with E-state index in [1.54, 1.807) is 15.4 Å². The highest BCUT2D eigenvalue weighted by atomic mass is 35.5. The van der Waals surface area contributed by atoms with Crippen LogP contribution in [0.5, 0.6) is 0 Å². The summed E-state index contributed by atoms with van der Waals surface area (Å²) in [7, 11) is 1.90. The quantitative estimate of drug-likeness (QED) is 0.481. The topological polar surface area (TPSA) is 87.1 Å². The Labute approximate surface area is 204 Å². The van der Waals surface area contributed by atoms with Gasteiger partial charge in [0.15, 0.2) is 0 Å². The predicted molar refractivity (Wildman–Crippen MR) is 132 cm³/mol. The third kappa shape index (κ3) is 4.04. The predicted octanol–water partition coefficient (Wildman–Crippen LogP) is 3.45. The largest absolute Gasteiger partial charge is 0.353 e. The van der Waals surface area contributed by atoms with E-state index in [1.165, 1.54) is 12.8 Å². The molecule has 33 heavy (non-hydrogen) atoms. The molecule has 2 saturated heterocycles. The normalized spacial score (nSPS) is 19.1. The maximum absolute atomic E-state index is 9.61. The monoisotopic (exact) mass is 482 g/mol. The van der Waals surface area contributed by atoms with E-state index in [-0.39, 0.29) is 24.8 Å². The van der Waals surface area contributed by atoms with Gasteiger partial charge in [0.1, 0.15) is 11.9 Å². The molecular weight excluding hydrogens is 459 g/mol. The fourth-order valence-electron chi connectivity index (χ4n) is 4.87. The molecule has 2 unspecified atom stereocenters. The first-order valence-electron chi connectivity index (χ1n) is 10.6. The summed E-state index contributed by atoms with van der Waals surface area (Å²) in [4.78, 5) is 7.18. The lowest BCUT2D eigenvalue weighted by Crippen LogP contribution is -2.51. The van der Waals surface area contributed by atoms with Crippen molar-refractivity contribution in [2.24, 2.45) is 7.05 Å². The summed E-state index contributed by atoms with van der Waals surface area (Å²) in [5.74, 6) is 1.01. The summed E-state index contributed by atoms with van der Waals surface area (Å²) >= 11 is 0. The highest BCUT2D eigenvalue weighted by molar-refractivity contribution is 5.87. The maximum atomic E-state index is 9.61. The molecule has 4 aromatic heterocycles. The molecule has 0 spiro atoms. The van der Waals surface area contributed by atoms with Crippen LogP contribution in [0.3, 0.4) is 0 Å². The van der Waals surface area contributed by atoms with E-state index in [0.29, 0.717) is 17.6 Å². The van der Waals surface area contributed by atoms with Gasteiger partial charge in [-0.3, -0.25) is 4.68 Å². The molecule has 4 aromatic rings. The SMILES string of the molecule is Cl.Cl.Cn1cc(-c2cc(-c3ccc(N4CC5CCC(C4)N5)nc3)c3c(C#N)cnn3c2)cn1. The van der Waals surface area contributed by atoms with Gasteiger partial charge in [0.2, 0.25) is 0 Å².